The summed E-state index contributed by atoms with van der Waals surface area (Å²) < 4.78 is 5.17. The zero-order chi connectivity index (χ0) is 19.1. The second-order valence-corrected chi connectivity index (χ2v) is 6.67. The van der Waals surface area contributed by atoms with Crippen molar-refractivity contribution in [1.29, 1.82) is 0 Å². The van der Waals surface area contributed by atoms with Crippen LogP contribution in [-0.2, 0) is 11.2 Å². The molecule has 3 aromatic rings. The van der Waals surface area contributed by atoms with Crippen molar-refractivity contribution in [3.05, 3.63) is 101 Å². The van der Waals surface area contributed by atoms with Crippen LogP contribution in [0.25, 0.3) is 0 Å². The Labute approximate surface area is 161 Å². The molecular formula is C24H25NO2. The van der Waals surface area contributed by atoms with Gasteiger partial charge in [-0.25, -0.2) is 0 Å². The maximum Gasteiger partial charge on any atom is 0.221 e. The van der Waals surface area contributed by atoms with Gasteiger partial charge in [-0.3, -0.25) is 4.79 Å². The van der Waals surface area contributed by atoms with Crippen molar-refractivity contribution in [2.24, 2.45) is 0 Å². The van der Waals surface area contributed by atoms with E-state index in [2.05, 4.69) is 36.5 Å². The molecular weight excluding hydrogens is 334 g/mol. The van der Waals surface area contributed by atoms with Crippen LogP contribution in [0, 0.1) is 6.92 Å². The van der Waals surface area contributed by atoms with Crippen molar-refractivity contribution in [3.63, 3.8) is 0 Å². The van der Waals surface area contributed by atoms with E-state index in [1.54, 1.807) is 7.11 Å². The van der Waals surface area contributed by atoms with Crippen molar-refractivity contribution in [2.75, 3.05) is 7.11 Å². The van der Waals surface area contributed by atoms with Crippen molar-refractivity contribution in [2.45, 2.75) is 25.8 Å². The monoisotopic (exact) mass is 359 g/mol. The van der Waals surface area contributed by atoms with Gasteiger partial charge in [0, 0.05) is 6.42 Å². The van der Waals surface area contributed by atoms with Gasteiger partial charge in [-0.2, -0.15) is 0 Å². The molecule has 27 heavy (non-hydrogen) atoms. The summed E-state index contributed by atoms with van der Waals surface area (Å²) >= 11 is 0. The lowest BCUT2D eigenvalue weighted by Crippen LogP contribution is -2.29. The summed E-state index contributed by atoms with van der Waals surface area (Å²) in [5, 5.41) is 3.20. The van der Waals surface area contributed by atoms with Gasteiger partial charge in [-0.1, -0.05) is 72.3 Å². The SMILES string of the molecule is COc1ccc(CCC(=O)N[C@@H](c2ccccc2)c2ccc(C)cc2)cc1. The molecule has 0 bridgehead atoms. The second kappa shape index (κ2) is 9.04. The van der Waals surface area contributed by atoms with Crippen molar-refractivity contribution in [1.82, 2.24) is 5.32 Å². The number of rotatable bonds is 7. The van der Waals surface area contributed by atoms with Crippen LogP contribution in [-0.4, -0.2) is 13.0 Å². The maximum absolute atomic E-state index is 12.6. The molecule has 0 unspecified atom stereocenters. The summed E-state index contributed by atoms with van der Waals surface area (Å²) in [7, 11) is 1.65. The third kappa shape index (κ3) is 5.20. The molecule has 0 aromatic heterocycles. The molecule has 0 aliphatic carbocycles. The minimum absolute atomic E-state index is 0.0419. The number of carbonyl (C=O) groups excluding carboxylic acids is 1. The summed E-state index contributed by atoms with van der Waals surface area (Å²) in [5.41, 5.74) is 4.50. The molecule has 0 radical (unpaired) electrons. The van der Waals surface area contributed by atoms with E-state index in [0.717, 1.165) is 22.4 Å². The van der Waals surface area contributed by atoms with Gasteiger partial charge < -0.3 is 10.1 Å². The maximum atomic E-state index is 12.6. The fourth-order valence-electron chi connectivity index (χ4n) is 3.05. The number of carbonyl (C=O) groups is 1. The lowest BCUT2D eigenvalue weighted by molar-refractivity contribution is -0.121. The molecule has 3 nitrogen and oxygen atoms in total. The number of nitrogens with one attached hydrogen (secondary N) is 1. The molecule has 0 aliphatic rings. The van der Waals surface area contributed by atoms with Gasteiger partial charge in [0.1, 0.15) is 5.75 Å². The fraction of sp³-hybridized carbons (Fsp3) is 0.208. The third-order valence-electron chi connectivity index (χ3n) is 4.65. The Morgan fingerprint density at radius 2 is 1.52 bits per heavy atom. The predicted molar refractivity (Wildman–Crippen MR) is 109 cm³/mol. The normalized spacial score (nSPS) is 11.6. The zero-order valence-electron chi connectivity index (χ0n) is 15.8. The van der Waals surface area contributed by atoms with Crippen LogP contribution in [0.4, 0.5) is 0 Å². The van der Waals surface area contributed by atoms with E-state index in [1.807, 2.05) is 54.6 Å². The van der Waals surface area contributed by atoms with Crippen molar-refractivity contribution in [3.8, 4) is 5.75 Å². The molecule has 0 spiro atoms. The number of hydrogen-bond donors (Lipinski definition) is 1. The number of aryl methyl sites for hydroxylation is 2. The molecule has 0 heterocycles. The van der Waals surface area contributed by atoms with E-state index in [9.17, 15) is 4.79 Å². The molecule has 1 N–H and O–H groups in total. The van der Waals surface area contributed by atoms with Crippen LogP contribution >= 0.6 is 0 Å². The first-order valence-corrected chi connectivity index (χ1v) is 9.19. The molecule has 3 rings (SSSR count). The highest BCUT2D eigenvalue weighted by atomic mass is 16.5. The van der Waals surface area contributed by atoms with Crippen LogP contribution in [0.2, 0.25) is 0 Å². The standard InChI is InChI=1S/C24H25NO2/c1-18-8-13-21(14-9-18)24(20-6-4-3-5-7-20)25-23(26)17-12-19-10-15-22(27-2)16-11-19/h3-11,13-16,24H,12,17H2,1-2H3,(H,25,26)/t24-/m0/s1. The van der Waals surface area contributed by atoms with E-state index in [-0.39, 0.29) is 11.9 Å². The largest absolute Gasteiger partial charge is 0.497 e. The van der Waals surface area contributed by atoms with Gasteiger partial charge in [-0.05, 0) is 42.2 Å². The average Bonchev–Trinajstić information content (AvgIpc) is 2.72. The zero-order valence-corrected chi connectivity index (χ0v) is 15.8. The van der Waals surface area contributed by atoms with Gasteiger partial charge in [0.2, 0.25) is 5.91 Å². The highest BCUT2D eigenvalue weighted by Gasteiger charge is 2.16. The Hall–Kier alpha value is -3.07. The average molecular weight is 359 g/mol. The van der Waals surface area contributed by atoms with Crippen LogP contribution in [0.5, 0.6) is 5.75 Å². The Balaban J connectivity index is 1.69. The van der Waals surface area contributed by atoms with Gasteiger partial charge in [-0.15, -0.1) is 0 Å². The van der Waals surface area contributed by atoms with E-state index >= 15 is 0 Å². The molecule has 1 atom stereocenters. The third-order valence-corrected chi connectivity index (χ3v) is 4.65. The number of hydrogen-bond acceptors (Lipinski definition) is 2. The molecule has 0 aliphatic heterocycles. The van der Waals surface area contributed by atoms with Crippen LogP contribution < -0.4 is 10.1 Å². The van der Waals surface area contributed by atoms with Crippen LogP contribution in [0.3, 0.4) is 0 Å². The smallest absolute Gasteiger partial charge is 0.221 e. The van der Waals surface area contributed by atoms with Crippen LogP contribution in [0.15, 0.2) is 78.9 Å². The number of amides is 1. The van der Waals surface area contributed by atoms with E-state index in [1.165, 1.54) is 5.56 Å². The molecule has 1 amide bonds. The first kappa shape index (κ1) is 18.7. The number of benzene rings is 3. The second-order valence-electron chi connectivity index (χ2n) is 6.67. The highest BCUT2D eigenvalue weighted by molar-refractivity contribution is 5.77. The summed E-state index contributed by atoms with van der Waals surface area (Å²) in [6.07, 6.45) is 1.15. The first-order chi connectivity index (χ1) is 13.2. The molecule has 138 valence electrons. The molecule has 3 heteroatoms. The van der Waals surface area contributed by atoms with Crippen molar-refractivity contribution >= 4 is 5.91 Å². The number of methoxy groups -OCH3 is 1. The minimum Gasteiger partial charge on any atom is -0.497 e. The molecule has 3 aromatic carbocycles. The summed E-state index contributed by atoms with van der Waals surface area (Å²) in [5.74, 6) is 0.868. The van der Waals surface area contributed by atoms with E-state index in [0.29, 0.717) is 12.8 Å². The van der Waals surface area contributed by atoms with Crippen molar-refractivity contribution < 1.29 is 9.53 Å². The fourth-order valence-corrected chi connectivity index (χ4v) is 3.05. The van der Waals surface area contributed by atoms with Gasteiger partial charge >= 0.3 is 0 Å². The van der Waals surface area contributed by atoms with Gasteiger partial charge in [0.25, 0.3) is 0 Å². The highest BCUT2D eigenvalue weighted by Crippen LogP contribution is 2.23. The molecule has 0 fully saturated rings. The lowest BCUT2D eigenvalue weighted by Gasteiger charge is -2.20. The molecule has 0 saturated carbocycles. The van der Waals surface area contributed by atoms with Crippen LogP contribution in [0.1, 0.15) is 34.7 Å². The van der Waals surface area contributed by atoms with E-state index < -0.39 is 0 Å². The molecule has 0 saturated heterocycles. The van der Waals surface area contributed by atoms with Gasteiger partial charge in [0.15, 0.2) is 0 Å². The predicted octanol–water partition coefficient (Wildman–Crippen LogP) is 4.84. The van der Waals surface area contributed by atoms with Gasteiger partial charge in [0.05, 0.1) is 13.2 Å². The quantitative estimate of drug-likeness (QED) is 0.655. The lowest BCUT2D eigenvalue weighted by atomic mass is 9.97. The summed E-state index contributed by atoms with van der Waals surface area (Å²) in [4.78, 5) is 12.6. The van der Waals surface area contributed by atoms with E-state index in [4.69, 9.17) is 4.74 Å². The number of ether oxygens (including phenoxy) is 1. The Morgan fingerprint density at radius 1 is 0.889 bits per heavy atom. The Kier molecular flexibility index (Phi) is 6.26. The summed E-state index contributed by atoms with van der Waals surface area (Å²) in [6, 6.07) is 26.1. The Bertz CT molecular complexity index is 855. The summed E-state index contributed by atoms with van der Waals surface area (Å²) in [6.45, 7) is 2.06. The topological polar surface area (TPSA) is 38.3 Å². The minimum atomic E-state index is -0.143. The Morgan fingerprint density at radius 3 is 2.15 bits per heavy atom. The first-order valence-electron chi connectivity index (χ1n) is 9.19.